The lowest BCUT2D eigenvalue weighted by molar-refractivity contribution is -0.347. The highest BCUT2D eigenvalue weighted by molar-refractivity contribution is 7.86. The van der Waals surface area contributed by atoms with Gasteiger partial charge in [0.15, 0.2) is 0 Å². The number of ether oxygens (including phenoxy) is 2. The summed E-state index contributed by atoms with van der Waals surface area (Å²) in [5.74, 6) is -8.11. The molecule has 0 rings (SSSR count). The summed E-state index contributed by atoms with van der Waals surface area (Å²) in [7, 11) is -5.93. The van der Waals surface area contributed by atoms with Gasteiger partial charge in [-0.15, -0.1) is 0 Å². The summed E-state index contributed by atoms with van der Waals surface area (Å²) < 4.78 is 103. The Hall–Kier alpha value is -1.80. The molecule has 0 fully saturated rings. The molecule has 1 atom stereocenters. The van der Waals surface area contributed by atoms with Gasteiger partial charge in [0.25, 0.3) is 0 Å². The lowest BCUT2D eigenvalue weighted by Gasteiger charge is -2.32. The van der Waals surface area contributed by atoms with Gasteiger partial charge in [0.2, 0.25) is 0 Å². The van der Waals surface area contributed by atoms with Crippen LogP contribution in [0.3, 0.4) is 0 Å². The first kappa shape index (κ1) is 23.2. The minimum Gasteiger partial charge on any atom is -0.412 e. The van der Waals surface area contributed by atoms with Crippen LogP contribution in [0.15, 0.2) is 12.7 Å². The van der Waals surface area contributed by atoms with E-state index in [9.17, 15) is 40.0 Å². The van der Waals surface area contributed by atoms with Crippen molar-refractivity contribution in [2.24, 2.45) is 0 Å². The van der Waals surface area contributed by atoms with Crippen molar-refractivity contribution >= 4 is 22.0 Å². The molecule has 0 aromatic rings. The van der Waals surface area contributed by atoms with Crippen LogP contribution < -0.4 is 5.32 Å². The van der Waals surface area contributed by atoms with Gasteiger partial charge in [-0.3, -0.25) is 9.35 Å². The average molecular weight is 399 g/mol. The number of alkyl halides is 5. The fourth-order valence-electron chi connectivity index (χ4n) is 1.31. The summed E-state index contributed by atoms with van der Waals surface area (Å²) in [4.78, 5) is 22.8. The van der Waals surface area contributed by atoms with Crippen LogP contribution in [0.1, 0.15) is 13.3 Å². The summed E-state index contributed by atoms with van der Waals surface area (Å²) in [6.07, 6.45) is -7.40. The average Bonchev–Trinajstić information content (AvgIpc) is 2.43. The first-order chi connectivity index (χ1) is 11.1. The second-order valence-corrected chi connectivity index (χ2v) is 5.86. The fourth-order valence-corrected chi connectivity index (χ4v) is 1.65. The molecule has 0 aromatic heterocycles. The minimum absolute atomic E-state index is 0.260. The first-order valence-electron chi connectivity index (χ1n) is 6.34. The maximum atomic E-state index is 13.2. The van der Waals surface area contributed by atoms with Crippen molar-refractivity contribution in [2.75, 3.05) is 13.2 Å². The monoisotopic (exact) mass is 399 g/mol. The molecule has 0 aliphatic heterocycles. The topological polar surface area (TPSA) is 119 Å². The van der Waals surface area contributed by atoms with Crippen LogP contribution in [0, 0.1) is 0 Å². The molecule has 0 bridgehead atoms. The largest absolute Gasteiger partial charge is 0.466 e. The van der Waals surface area contributed by atoms with E-state index in [0.717, 1.165) is 0 Å². The SMILES string of the molecule is C=CC(=O)OC(OCCC(F)(F)S(=O)(=O)O)(C(=O)NCC)C(F)(F)F. The number of rotatable bonds is 9. The van der Waals surface area contributed by atoms with Crippen LogP contribution in [-0.4, -0.2) is 55.2 Å². The molecule has 0 radical (unpaired) electrons. The molecule has 2 N–H and O–H groups in total. The molecule has 1 amide bonds. The molecule has 0 spiro atoms. The Kier molecular flexibility index (Phi) is 7.47. The highest BCUT2D eigenvalue weighted by Gasteiger charge is 2.66. The molecule has 0 aliphatic rings. The second-order valence-electron chi connectivity index (χ2n) is 4.31. The zero-order valence-corrected chi connectivity index (χ0v) is 13.4. The van der Waals surface area contributed by atoms with Crippen molar-refractivity contribution in [3.63, 3.8) is 0 Å². The molecule has 0 saturated carbocycles. The van der Waals surface area contributed by atoms with Crippen molar-refractivity contribution < 1.29 is 54.0 Å². The number of hydrogen-bond acceptors (Lipinski definition) is 6. The molecule has 146 valence electrons. The van der Waals surface area contributed by atoms with Gasteiger partial charge in [0.1, 0.15) is 0 Å². The van der Waals surface area contributed by atoms with Gasteiger partial charge in [-0.25, -0.2) is 4.79 Å². The van der Waals surface area contributed by atoms with Crippen molar-refractivity contribution in [1.29, 1.82) is 0 Å². The Labute approximate surface area is 138 Å². The quantitative estimate of drug-likeness (QED) is 0.195. The second kappa shape index (κ2) is 8.05. The van der Waals surface area contributed by atoms with E-state index >= 15 is 0 Å². The van der Waals surface area contributed by atoms with Gasteiger partial charge in [0.05, 0.1) is 13.0 Å². The third kappa shape index (κ3) is 5.61. The lowest BCUT2D eigenvalue weighted by atomic mass is 10.2. The highest BCUT2D eigenvalue weighted by Crippen LogP contribution is 2.36. The summed E-state index contributed by atoms with van der Waals surface area (Å²) in [5, 5.41) is -3.20. The molecule has 14 heteroatoms. The van der Waals surface area contributed by atoms with E-state index in [1.165, 1.54) is 6.92 Å². The first-order valence-corrected chi connectivity index (χ1v) is 7.78. The van der Waals surface area contributed by atoms with Gasteiger partial charge >= 0.3 is 39.2 Å². The minimum atomic E-state index is -5.93. The van der Waals surface area contributed by atoms with E-state index in [0.29, 0.717) is 0 Å². The summed E-state index contributed by atoms with van der Waals surface area (Å²) in [6, 6.07) is 0. The molecule has 0 heterocycles. The molecule has 25 heavy (non-hydrogen) atoms. The van der Waals surface area contributed by atoms with Crippen LogP contribution in [0.5, 0.6) is 0 Å². The standard InChI is InChI=1S/C11H14F5NO7S/c1-3-7(18)24-10(11(14,15)16,8(19)17-4-2)23-6-5-9(12,13)25(20,21)22/h3H,1,4-6H2,2H3,(H,17,19)(H,20,21,22). The molecule has 0 aliphatic carbocycles. The van der Waals surface area contributed by atoms with Gasteiger partial charge in [0, 0.05) is 12.6 Å². The maximum Gasteiger partial charge on any atom is 0.466 e. The van der Waals surface area contributed by atoms with Crippen molar-refractivity contribution in [1.82, 2.24) is 5.32 Å². The van der Waals surface area contributed by atoms with Gasteiger partial charge in [-0.05, 0) is 6.92 Å². The number of esters is 1. The van der Waals surface area contributed by atoms with Crippen LogP contribution in [0.2, 0.25) is 0 Å². The predicted octanol–water partition coefficient (Wildman–Crippen LogP) is 0.998. The zero-order chi connectivity index (χ0) is 20.1. The lowest BCUT2D eigenvalue weighted by Crippen LogP contribution is -2.61. The number of carbonyl (C=O) groups excluding carboxylic acids is 2. The Morgan fingerprint density at radius 3 is 2.12 bits per heavy atom. The third-order valence-electron chi connectivity index (χ3n) is 2.50. The number of carbonyl (C=O) groups is 2. The van der Waals surface area contributed by atoms with Crippen LogP contribution in [-0.2, 0) is 29.2 Å². The van der Waals surface area contributed by atoms with Crippen molar-refractivity contribution in [2.45, 2.75) is 30.6 Å². The molecule has 1 unspecified atom stereocenters. The van der Waals surface area contributed by atoms with E-state index in [-0.39, 0.29) is 12.6 Å². The Balaban J connectivity index is 5.68. The molecule has 0 saturated heterocycles. The molecular formula is C11H14F5NO7S. The number of likely N-dealkylation sites (N-methyl/N-ethyl adjacent to an activating group) is 1. The Morgan fingerprint density at radius 1 is 1.24 bits per heavy atom. The fraction of sp³-hybridized carbons (Fsp3) is 0.636. The van der Waals surface area contributed by atoms with Gasteiger partial charge in [-0.1, -0.05) is 6.58 Å². The van der Waals surface area contributed by atoms with Crippen molar-refractivity contribution in [3.8, 4) is 0 Å². The van der Waals surface area contributed by atoms with E-state index < -0.39 is 52.2 Å². The van der Waals surface area contributed by atoms with E-state index in [2.05, 4.69) is 16.1 Å². The number of nitrogens with one attached hydrogen (secondary N) is 1. The summed E-state index contributed by atoms with van der Waals surface area (Å²) in [6.45, 7) is 1.95. The van der Waals surface area contributed by atoms with Crippen LogP contribution >= 0.6 is 0 Å². The molecular weight excluding hydrogens is 385 g/mol. The van der Waals surface area contributed by atoms with Crippen molar-refractivity contribution in [3.05, 3.63) is 12.7 Å². The number of halogens is 5. The Morgan fingerprint density at radius 2 is 1.76 bits per heavy atom. The van der Waals surface area contributed by atoms with Gasteiger partial charge < -0.3 is 14.8 Å². The van der Waals surface area contributed by atoms with Gasteiger partial charge in [-0.2, -0.15) is 30.4 Å². The van der Waals surface area contributed by atoms with Crippen LogP contribution in [0.4, 0.5) is 22.0 Å². The highest BCUT2D eigenvalue weighted by atomic mass is 32.2. The van der Waals surface area contributed by atoms with Crippen LogP contribution in [0.25, 0.3) is 0 Å². The third-order valence-corrected chi connectivity index (χ3v) is 3.46. The molecule has 8 nitrogen and oxygen atoms in total. The summed E-state index contributed by atoms with van der Waals surface area (Å²) >= 11 is 0. The number of amides is 1. The van der Waals surface area contributed by atoms with E-state index in [4.69, 9.17) is 4.55 Å². The maximum absolute atomic E-state index is 13.2. The zero-order valence-electron chi connectivity index (χ0n) is 12.6. The molecule has 0 aromatic carbocycles. The predicted molar refractivity (Wildman–Crippen MR) is 70.8 cm³/mol. The normalized spacial score (nSPS) is 15.2. The van der Waals surface area contributed by atoms with E-state index in [1.807, 2.05) is 0 Å². The van der Waals surface area contributed by atoms with E-state index in [1.54, 1.807) is 5.32 Å². The number of hydrogen-bond donors (Lipinski definition) is 2. The Bertz CT molecular complexity index is 619. The smallest absolute Gasteiger partial charge is 0.412 e. The summed E-state index contributed by atoms with van der Waals surface area (Å²) in [5.41, 5.74) is 0.